The minimum absolute atomic E-state index is 0.205. The molecule has 1 aliphatic rings. The van der Waals surface area contributed by atoms with Crippen LogP contribution in [0.2, 0.25) is 0 Å². The number of hydroxylamine groups is 1. The standard InChI is InChI=1S/C10H13F3N4O3S/c1-9(2)4-7(16-20-9)21(18,19)5-6-14-8(10(11,12)13)15-17(6)3/h4,16H,5H2,1-3H3. The Morgan fingerprint density at radius 3 is 2.48 bits per heavy atom. The lowest BCUT2D eigenvalue weighted by atomic mass is 10.1. The molecular weight excluding hydrogens is 313 g/mol. The van der Waals surface area contributed by atoms with Crippen molar-refractivity contribution in [2.45, 2.75) is 31.4 Å². The SMILES string of the molecule is Cn1nc(C(F)(F)F)nc1CS(=O)(=O)C1=CC(C)(C)ON1. The molecule has 0 atom stereocenters. The van der Waals surface area contributed by atoms with Gasteiger partial charge in [-0.05, 0) is 19.9 Å². The van der Waals surface area contributed by atoms with Gasteiger partial charge in [0.1, 0.15) is 17.2 Å². The van der Waals surface area contributed by atoms with E-state index in [-0.39, 0.29) is 10.9 Å². The number of nitrogens with one attached hydrogen (secondary N) is 1. The van der Waals surface area contributed by atoms with Crippen LogP contribution in [0.25, 0.3) is 0 Å². The molecule has 0 saturated heterocycles. The molecule has 0 bridgehead atoms. The fraction of sp³-hybridized carbons (Fsp3) is 0.600. The van der Waals surface area contributed by atoms with Crippen LogP contribution in [-0.4, -0.2) is 28.8 Å². The van der Waals surface area contributed by atoms with Crippen LogP contribution < -0.4 is 5.48 Å². The molecule has 1 aliphatic heterocycles. The normalized spacial score (nSPS) is 18.5. The van der Waals surface area contributed by atoms with Crippen molar-refractivity contribution in [3.63, 3.8) is 0 Å². The molecule has 11 heteroatoms. The van der Waals surface area contributed by atoms with E-state index in [0.29, 0.717) is 0 Å². The summed E-state index contributed by atoms with van der Waals surface area (Å²) in [6.45, 7) is 3.26. The summed E-state index contributed by atoms with van der Waals surface area (Å²) in [5, 5.41) is 2.96. The van der Waals surface area contributed by atoms with Crippen molar-refractivity contribution >= 4 is 9.84 Å². The highest BCUT2D eigenvalue weighted by atomic mass is 32.2. The van der Waals surface area contributed by atoms with Crippen LogP contribution in [-0.2, 0) is 33.7 Å². The van der Waals surface area contributed by atoms with E-state index in [4.69, 9.17) is 4.84 Å². The van der Waals surface area contributed by atoms with Crippen molar-refractivity contribution in [2.75, 3.05) is 0 Å². The molecule has 0 radical (unpaired) electrons. The Labute approximate surface area is 118 Å². The van der Waals surface area contributed by atoms with Crippen LogP contribution in [0.4, 0.5) is 13.2 Å². The average Bonchev–Trinajstić information content (AvgIpc) is 2.82. The monoisotopic (exact) mass is 326 g/mol. The molecule has 0 saturated carbocycles. The second-order valence-electron chi connectivity index (χ2n) is 5.05. The van der Waals surface area contributed by atoms with Gasteiger partial charge in [-0.15, -0.1) is 5.10 Å². The van der Waals surface area contributed by atoms with E-state index in [1.165, 1.54) is 13.1 Å². The van der Waals surface area contributed by atoms with Gasteiger partial charge in [0.05, 0.1) is 0 Å². The number of sulfone groups is 1. The molecule has 2 heterocycles. The summed E-state index contributed by atoms with van der Waals surface area (Å²) < 4.78 is 62.5. The van der Waals surface area contributed by atoms with Crippen molar-refractivity contribution in [1.29, 1.82) is 0 Å². The topological polar surface area (TPSA) is 86.1 Å². The summed E-state index contributed by atoms with van der Waals surface area (Å²) >= 11 is 0. The molecule has 0 fully saturated rings. The summed E-state index contributed by atoms with van der Waals surface area (Å²) in [5.41, 5.74) is 1.44. The van der Waals surface area contributed by atoms with E-state index in [1.54, 1.807) is 13.8 Å². The van der Waals surface area contributed by atoms with Gasteiger partial charge in [-0.1, -0.05) is 0 Å². The van der Waals surface area contributed by atoms with Crippen molar-refractivity contribution in [3.05, 3.63) is 22.8 Å². The third-order valence-electron chi connectivity index (χ3n) is 2.65. The first-order chi connectivity index (χ1) is 9.41. The molecule has 0 aromatic carbocycles. The van der Waals surface area contributed by atoms with Crippen LogP contribution in [0.5, 0.6) is 0 Å². The Hall–Kier alpha value is -1.62. The molecule has 1 aromatic rings. The van der Waals surface area contributed by atoms with Crippen LogP contribution in [0.3, 0.4) is 0 Å². The fourth-order valence-corrected chi connectivity index (χ4v) is 3.00. The van der Waals surface area contributed by atoms with E-state index < -0.39 is 33.2 Å². The Bertz CT molecular complexity index is 691. The minimum Gasteiger partial charge on any atom is -0.265 e. The fourth-order valence-electron chi connectivity index (χ4n) is 1.62. The van der Waals surface area contributed by atoms with Gasteiger partial charge in [0.25, 0.3) is 5.82 Å². The first-order valence-corrected chi connectivity index (χ1v) is 7.43. The Morgan fingerprint density at radius 2 is 2.05 bits per heavy atom. The van der Waals surface area contributed by atoms with Crippen molar-refractivity contribution in [1.82, 2.24) is 20.2 Å². The Morgan fingerprint density at radius 1 is 1.43 bits per heavy atom. The predicted octanol–water partition coefficient (Wildman–Crippen LogP) is 0.903. The number of nitrogens with zero attached hydrogens (tertiary/aromatic N) is 3. The van der Waals surface area contributed by atoms with Crippen LogP contribution >= 0.6 is 0 Å². The zero-order valence-corrected chi connectivity index (χ0v) is 12.2. The highest BCUT2D eigenvalue weighted by Crippen LogP contribution is 2.27. The second kappa shape index (κ2) is 4.70. The lowest BCUT2D eigenvalue weighted by Gasteiger charge is -2.11. The third kappa shape index (κ3) is 3.35. The third-order valence-corrected chi connectivity index (χ3v) is 4.16. The summed E-state index contributed by atoms with van der Waals surface area (Å²) in [4.78, 5) is 8.25. The first kappa shape index (κ1) is 15.8. The lowest BCUT2D eigenvalue weighted by Crippen LogP contribution is -2.23. The number of alkyl halides is 3. The number of aromatic nitrogens is 3. The van der Waals surface area contributed by atoms with Crippen molar-refractivity contribution in [2.24, 2.45) is 7.05 Å². The maximum atomic E-state index is 12.5. The van der Waals surface area contributed by atoms with E-state index in [0.717, 1.165) is 4.68 Å². The van der Waals surface area contributed by atoms with Gasteiger partial charge in [-0.2, -0.15) is 13.2 Å². The highest BCUT2D eigenvalue weighted by molar-refractivity contribution is 7.94. The molecule has 0 aliphatic carbocycles. The van der Waals surface area contributed by atoms with Gasteiger partial charge < -0.3 is 0 Å². The summed E-state index contributed by atoms with van der Waals surface area (Å²) in [6, 6.07) is 0. The van der Waals surface area contributed by atoms with Gasteiger partial charge in [-0.3, -0.25) is 15.0 Å². The molecule has 0 amide bonds. The minimum atomic E-state index is -4.73. The maximum absolute atomic E-state index is 12.5. The summed E-state index contributed by atoms with van der Waals surface area (Å²) in [5.74, 6) is -2.40. The van der Waals surface area contributed by atoms with Gasteiger partial charge in [0.2, 0.25) is 9.84 Å². The van der Waals surface area contributed by atoms with Gasteiger partial charge in [0.15, 0.2) is 5.03 Å². The van der Waals surface area contributed by atoms with E-state index in [2.05, 4.69) is 15.6 Å². The van der Waals surface area contributed by atoms with Crippen molar-refractivity contribution < 1.29 is 26.4 Å². The number of hydrogen-bond donors (Lipinski definition) is 1. The Kier molecular flexibility index (Phi) is 3.53. The van der Waals surface area contributed by atoms with E-state index >= 15 is 0 Å². The zero-order valence-electron chi connectivity index (χ0n) is 11.4. The van der Waals surface area contributed by atoms with Gasteiger partial charge in [0, 0.05) is 7.05 Å². The molecule has 21 heavy (non-hydrogen) atoms. The molecule has 7 nitrogen and oxygen atoms in total. The molecular formula is C10H13F3N4O3S. The first-order valence-electron chi connectivity index (χ1n) is 5.77. The molecule has 118 valence electrons. The number of aryl methyl sites for hydroxylation is 1. The van der Waals surface area contributed by atoms with Crippen molar-refractivity contribution in [3.8, 4) is 0 Å². The maximum Gasteiger partial charge on any atom is 0.453 e. The van der Waals surface area contributed by atoms with Crippen LogP contribution in [0.1, 0.15) is 25.5 Å². The Balaban J connectivity index is 2.28. The smallest absolute Gasteiger partial charge is 0.265 e. The number of halogens is 3. The molecule has 0 spiro atoms. The molecule has 2 rings (SSSR count). The predicted molar refractivity (Wildman–Crippen MR) is 65.0 cm³/mol. The average molecular weight is 326 g/mol. The van der Waals surface area contributed by atoms with E-state index in [1.807, 2.05) is 0 Å². The van der Waals surface area contributed by atoms with E-state index in [9.17, 15) is 21.6 Å². The largest absolute Gasteiger partial charge is 0.453 e. The van der Waals surface area contributed by atoms with Gasteiger partial charge in [-0.25, -0.2) is 13.4 Å². The molecule has 0 unspecified atom stereocenters. The lowest BCUT2D eigenvalue weighted by molar-refractivity contribution is -0.145. The number of hydrogen-bond acceptors (Lipinski definition) is 6. The number of rotatable bonds is 3. The summed E-state index contributed by atoms with van der Waals surface area (Å²) in [6.07, 6.45) is -3.39. The summed E-state index contributed by atoms with van der Waals surface area (Å²) in [7, 11) is -2.71. The molecule has 1 aromatic heterocycles. The second-order valence-corrected chi connectivity index (χ2v) is 7.01. The van der Waals surface area contributed by atoms with Gasteiger partial charge >= 0.3 is 6.18 Å². The quantitative estimate of drug-likeness (QED) is 0.888. The molecule has 1 N–H and O–H groups in total. The zero-order chi connectivity index (χ0) is 16.1. The highest BCUT2D eigenvalue weighted by Gasteiger charge is 2.38. The van der Waals surface area contributed by atoms with Crippen LogP contribution in [0.15, 0.2) is 11.1 Å². The van der Waals surface area contributed by atoms with Crippen LogP contribution in [0, 0.1) is 0 Å².